The number of halogens is 6. The molecule has 0 aliphatic rings. The van der Waals surface area contributed by atoms with E-state index < -0.39 is 34.4 Å². The van der Waals surface area contributed by atoms with Gasteiger partial charge in [0.25, 0.3) is 0 Å². The van der Waals surface area contributed by atoms with E-state index in [0.717, 1.165) is 18.3 Å². The van der Waals surface area contributed by atoms with E-state index in [9.17, 15) is 30.6 Å². The summed E-state index contributed by atoms with van der Waals surface area (Å²) in [5, 5.41) is 0. The van der Waals surface area contributed by atoms with Gasteiger partial charge in [0, 0.05) is 46.2 Å². The number of hydrogen-bond acceptors (Lipinski definition) is 4. The van der Waals surface area contributed by atoms with Crippen LogP contribution in [0, 0.1) is 13.8 Å². The molecule has 0 aliphatic heterocycles. The first kappa shape index (κ1) is 28.3. The van der Waals surface area contributed by atoms with Crippen molar-refractivity contribution in [2.75, 3.05) is 6.26 Å². The van der Waals surface area contributed by atoms with Gasteiger partial charge in [-0.1, -0.05) is 30.3 Å². The van der Waals surface area contributed by atoms with Crippen molar-refractivity contribution in [2.24, 2.45) is 0 Å². The molecule has 0 spiro atoms. The Hall–Kier alpha value is -4.19. The van der Waals surface area contributed by atoms with Crippen molar-refractivity contribution >= 4 is 10.8 Å². The van der Waals surface area contributed by atoms with Gasteiger partial charge in [-0.3, -0.25) is 4.21 Å². The van der Waals surface area contributed by atoms with Gasteiger partial charge in [0.05, 0.1) is 11.3 Å². The maximum atomic E-state index is 13.5. The topological polar surface area (TPSA) is 60.9 Å². The van der Waals surface area contributed by atoms with Crippen LogP contribution in [0.4, 0.5) is 26.3 Å². The molecule has 5 aromatic rings. The largest absolute Gasteiger partial charge is 0.440 e. The van der Waals surface area contributed by atoms with Gasteiger partial charge < -0.3 is 8.98 Å². The maximum absolute atomic E-state index is 13.5. The van der Waals surface area contributed by atoms with Gasteiger partial charge >= 0.3 is 12.4 Å². The molecular weight excluding hydrogens is 568 g/mol. The van der Waals surface area contributed by atoms with Gasteiger partial charge in [0.15, 0.2) is 17.3 Å². The number of alkyl halides is 6. The minimum absolute atomic E-state index is 0.0611. The lowest BCUT2D eigenvalue weighted by Crippen LogP contribution is -2.05. The van der Waals surface area contributed by atoms with E-state index in [0.29, 0.717) is 32.8 Å². The highest BCUT2D eigenvalue weighted by atomic mass is 32.2. The molecule has 2 aromatic heterocycles. The molecule has 5 nitrogen and oxygen atoms in total. The molecule has 0 aliphatic carbocycles. The normalized spacial score (nSPS) is 13.0. The number of aromatic nitrogens is 3. The average Bonchev–Trinajstić information content (AvgIpc) is 3.50. The molecule has 0 saturated heterocycles. The molecule has 1 atom stereocenters. The summed E-state index contributed by atoms with van der Waals surface area (Å²) in [6.07, 6.45) is -6.80. The van der Waals surface area contributed by atoms with E-state index in [1.807, 2.05) is 0 Å². The Kier molecular flexibility index (Phi) is 7.14. The number of hydrogen-bond donors (Lipinski definition) is 0. The van der Waals surface area contributed by atoms with Crippen LogP contribution in [0.1, 0.15) is 23.0 Å². The first-order valence-electron chi connectivity index (χ1n) is 12.1. The molecule has 5 rings (SSSR count). The minimum Gasteiger partial charge on any atom is -0.440 e. The molecule has 212 valence electrons. The van der Waals surface area contributed by atoms with Gasteiger partial charge in [-0.2, -0.15) is 26.3 Å². The van der Waals surface area contributed by atoms with Crippen molar-refractivity contribution in [1.29, 1.82) is 0 Å². The molecule has 1 unspecified atom stereocenters. The number of aryl methyl sites for hydroxylation is 2. The second kappa shape index (κ2) is 10.3. The predicted octanol–water partition coefficient (Wildman–Crippen LogP) is 8.25. The van der Waals surface area contributed by atoms with Gasteiger partial charge in [0.1, 0.15) is 11.5 Å². The minimum atomic E-state index is -4.68. The Morgan fingerprint density at radius 2 is 1.46 bits per heavy atom. The van der Waals surface area contributed by atoms with Crippen molar-refractivity contribution in [3.8, 4) is 39.4 Å². The van der Waals surface area contributed by atoms with Gasteiger partial charge in [-0.25, -0.2) is 9.97 Å². The zero-order chi connectivity index (χ0) is 29.7. The van der Waals surface area contributed by atoms with Gasteiger partial charge in [-0.05, 0) is 54.4 Å². The van der Waals surface area contributed by atoms with Crippen molar-refractivity contribution in [3.63, 3.8) is 0 Å². The van der Waals surface area contributed by atoms with E-state index in [4.69, 9.17) is 4.42 Å². The molecule has 0 radical (unpaired) electrons. The Bertz CT molecular complexity index is 1770. The van der Waals surface area contributed by atoms with Crippen molar-refractivity contribution in [3.05, 3.63) is 95.9 Å². The molecular formula is C29H21F6N3O2S. The number of nitrogens with zero attached hydrogens (tertiary/aromatic N) is 3. The number of imidazole rings is 1. The van der Waals surface area contributed by atoms with Crippen LogP contribution in [0.2, 0.25) is 0 Å². The van der Waals surface area contributed by atoms with E-state index in [1.54, 1.807) is 55.6 Å². The van der Waals surface area contributed by atoms with E-state index in [1.165, 1.54) is 23.6 Å². The standard InChI is InChI=1S/C29H21F6N3O2S/c1-16-36-25(29(33,34)35)15-38(16)24-12-9-20(19-5-4-6-22(13-19)41(3)39)14-23(24)26-27(40-17(2)37-26)18-7-10-21(11-8-18)28(30,31)32/h4-15H,1-3H3. The first-order chi connectivity index (χ1) is 19.2. The fourth-order valence-corrected chi connectivity index (χ4v) is 5.00. The molecule has 0 N–H and O–H groups in total. The van der Waals surface area contributed by atoms with Crippen molar-refractivity contribution < 1.29 is 35.0 Å². The summed E-state index contributed by atoms with van der Waals surface area (Å²) in [4.78, 5) is 8.74. The maximum Gasteiger partial charge on any atom is 0.434 e. The zero-order valence-corrected chi connectivity index (χ0v) is 22.6. The van der Waals surface area contributed by atoms with E-state index >= 15 is 0 Å². The fourth-order valence-electron chi connectivity index (χ4n) is 4.44. The molecule has 0 amide bonds. The Balaban J connectivity index is 1.74. The van der Waals surface area contributed by atoms with Crippen molar-refractivity contribution in [1.82, 2.24) is 14.5 Å². The van der Waals surface area contributed by atoms with E-state index in [-0.39, 0.29) is 23.2 Å². The van der Waals surface area contributed by atoms with Crippen LogP contribution >= 0.6 is 0 Å². The summed E-state index contributed by atoms with van der Waals surface area (Å²) in [6.45, 7) is 2.99. The van der Waals surface area contributed by atoms with Crippen LogP contribution in [-0.4, -0.2) is 25.0 Å². The lowest BCUT2D eigenvalue weighted by molar-refractivity contribution is -0.141. The predicted molar refractivity (Wildman–Crippen MR) is 142 cm³/mol. The fraction of sp³-hybridized carbons (Fsp3) is 0.172. The molecule has 41 heavy (non-hydrogen) atoms. The van der Waals surface area contributed by atoms with Crippen LogP contribution in [0.3, 0.4) is 0 Å². The van der Waals surface area contributed by atoms with Crippen LogP contribution in [0.15, 0.2) is 82.2 Å². The highest BCUT2D eigenvalue weighted by Crippen LogP contribution is 2.40. The summed E-state index contributed by atoms with van der Waals surface area (Å²) in [5.41, 5.74) is 0.579. The van der Waals surface area contributed by atoms with Gasteiger partial charge in [0.2, 0.25) is 0 Å². The monoisotopic (exact) mass is 589 g/mol. The van der Waals surface area contributed by atoms with Crippen LogP contribution < -0.4 is 0 Å². The number of benzene rings is 3. The summed E-state index contributed by atoms with van der Waals surface area (Å²) < 4.78 is 99.2. The Morgan fingerprint density at radius 1 is 0.805 bits per heavy atom. The van der Waals surface area contributed by atoms with Crippen LogP contribution in [-0.2, 0) is 23.2 Å². The second-order valence-electron chi connectivity index (χ2n) is 9.24. The third kappa shape index (κ3) is 5.69. The molecule has 0 fully saturated rings. The number of rotatable bonds is 5. The molecule has 12 heteroatoms. The quantitative estimate of drug-likeness (QED) is 0.194. The summed E-state index contributed by atoms with van der Waals surface area (Å²) in [5.74, 6) is 0.408. The summed E-state index contributed by atoms with van der Waals surface area (Å²) in [7, 11) is -1.26. The average molecular weight is 590 g/mol. The Labute approximate surface area is 233 Å². The summed E-state index contributed by atoms with van der Waals surface area (Å²) in [6, 6.07) is 16.3. The van der Waals surface area contributed by atoms with Crippen molar-refractivity contribution in [2.45, 2.75) is 31.1 Å². The summed E-state index contributed by atoms with van der Waals surface area (Å²) >= 11 is 0. The van der Waals surface area contributed by atoms with Crippen LogP contribution in [0.25, 0.3) is 39.4 Å². The molecule has 2 heterocycles. The number of oxazole rings is 1. The highest BCUT2D eigenvalue weighted by molar-refractivity contribution is 7.84. The SMILES string of the molecule is Cc1nc(-c2cc(-c3cccc(S(C)=O)c3)ccc2-n2cc(C(F)(F)F)nc2C)c(-c2ccc(C(F)(F)F)cc2)o1. The third-order valence-corrected chi connectivity index (χ3v) is 7.31. The molecule has 3 aromatic carbocycles. The smallest absolute Gasteiger partial charge is 0.434 e. The van der Waals surface area contributed by atoms with Crippen LogP contribution in [0.5, 0.6) is 0 Å². The molecule has 0 saturated carbocycles. The third-order valence-electron chi connectivity index (χ3n) is 6.39. The second-order valence-corrected chi connectivity index (χ2v) is 10.6. The lowest BCUT2D eigenvalue weighted by Gasteiger charge is -2.14. The molecule has 0 bridgehead atoms. The highest BCUT2D eigenvalue weighted by Gasteiger charge is 2.35. The first-order valence-corrected chi connectivity index (χ1v) is 13.6. The Morgan fingerprint density at radius 3 is 2.07 bits per heavy atom. The van der Waals surface area contributed by atoms with E-state index in [2.05, 4.69) is 9.97 Å². The van der Waals surface area contributed by atoms with Gasteiger partial charge in [-0.15, -0.1) is 0 Å². The zero-order valence-electron chi connectivity index (χ0n) is 21.8. The lowest BCUT2D eigenvalue weighted by atomic mass is 9.97.